The van der Waals surface area contributed by atoms with E-state index >= 15 is 0 Å². The molecule has 0 saturated carbocycles. The normalized spacial score (nSPS) is 19.8. The number of hydrogen-bond donors (Lipinski definition) is 1. The highest BCUT2D eigenvalue weighted by molar-refractivity contribution is 5.55. The molecule has 1 aromatic carbocycles. The van der Waals surface area contributed by atoms with Crippen molar-refractivity contribution in [3.63, 3.8) is 0 Å². The number of ether oxygens (including phenoxy) is 1. The van der Waals surface area contributed by atoms with Gasteiger partial charge in [0, 0.05) is 17.8 Å². The van der Waals surface area contributed by atoms with Gasteiger partial charge in [0.25, 0.3) is 0 Å². The Labute approximate surface area is 96.6 Å². The van der Waals surface area contributed by atoms with Crippen molar-refractivity contribution >= 4 is 5.69 Å². The fourth-order valence-corrected chi connectivity index (χ4v) is 2.21. The highest BCUT2D eigenvalue weighted by Gasteiger charge is 2.31. The van der Waals surface area contributed by atoms with Gasteiger partial charge >= 0.3 is 0 Å². The number of aliphatic hydroxyl groups excluding tert-OH is 1. The summed E-state index contributed by atoms with van der Waals surface area (Å²) in [5.41, 5.74) is 2.10. The summed E-state index contributed by atoms with van der Waals surface area (Å²) in [5.74, 6) is 0. The second kappa shape index (κ2) is 4.44. The highest BCUT2D eigenvalue weighted by Crippen LogP contribution is 2.29. The summed E-state index contributed by atoms with van der Waals surface area (Å²) >= 11 is 0. The van der Waals surface area contributed by atoms with Gasteiger partial charge in [-0.05, 0) is 19.9 Å². The molecule has 0 atom stereocenters. The quantitative estimate of drug-likeness (QED) is 0.826. The average molecular weight is 221 g/mol. The van der Waals surface area contributed by atoms with Crippen LogP contribution in [0.5, 0.6) is 0 Å². The number of rotatable bonds is 2. The minimum absolute atomic E-state index is 0.0104. The van der Waals surface area contributed by atoms with E-state index in [0.29, 0.717) is 0 Å². The van der Waals surface area contributed by atoms with Crippen LogP contribution in [0.2, 0.25) is 0 Å². The zero-order valence-electron chi connectivity index (χ0n) is 9.94. The van der Waals surface area contributed by atoms with E-state index in [1.54, 1.807) is 0 Å². The van der Waals surface area contributed by atoms with Gasteiger partial charge in [-0.25, -0.2) is 0 Å². The third kappa shape index (κ3) is 2.06. The van der Waals surface area contributed by atoms with Crippen LogP contribution >= 0.6 is 0 Å². The fraction of sp³-hybridized carbons (Fsp3) is 0.538. The molecule has 0 radical (unpaired) electrons. The summed E-state index contributed by atoms with van der Waals surface area (Å²) < 4.78 is 5.51. The number of nitrogens with zero attached hydrogens (tertiary/aromatic N) is 1. The van der Waals surface area contributed by atoms with Crippen molar-refractivity contribution in [3.8, 4) is 0 Å². The van der Waals surface area contributed by atoms with Gasteiger partial charge in [0.2, 0.25) is 0 Å². The van der Waals surface area contributed by atoms with E-state index in [0.717, 1.165) is 31.0 Å². The molecule has 1 fully saturated rings. The predicted molar refractivity (Wildman–Crippen MR) is 64.6 cm³/mol. The van der Waals surface area contributed by atoms with Crippen LogP contribution in [0.15, 0.2) is 24.3 Å². The third-order valence-electron chi connectivity index (χ3n) is 3.10. The Morgan fingerprint density at radius 1 is 1.38 bits per heavy atom. The van der Waals surface area contributed by atoms with E-state index in [1.807, 2.05) is 18.2 Å². The first-order valence-corrected chi connectivity index (χ1v) is 5.69. The molecular formula is C13H19NO2. The van der Waals surface area contributed by atoms with Gasteiger partial charge in [-0.15, -0.1) is 0 Å². The molecule has 16 heavy (non-hydrogen) atoms. The summed E-state index contributed by atoms with van der Waals surface area (Å²) in [6.45, 7) is 6.78. The maximum absolute atomic E-state index is 9.36. The van der Waals surface area contributed by atoms with E-state index in [1.165, 1.54) is 0 Å². The second-order valence-corrected chi connectivity index (χ2v) is 4.80. The summed E-state index contributed by atoms with van der Waals surface area (Å²) in [6, 6.07) is 8.02. The Morgan fingerprint density at radius 3 is 2.81 bits per heavy atom. The molecule has 0 unspecified atom stereocenters. The molecule has 88 valence electrons. The van der Waals surface area contributed by atoms with Gasteiger partial charge in [0.05, 0.1) is 25.4 Å². The maximum atomic E-state index is 9.36. The largest absolute Gasteiger partial charge is 0.392 e. The average Bonchev–Trinajstić information content (AvgIpc) is 2.28. The monoisotopic (exact) mass is 221 g/mol. The standard InChI is InChI=1S/C13H19NO2/c1-13(2)10-16-8-7-14(13)12-6-4-3-5-11(12)9-15/h3-6,15H,7-10H2,1-2H3. The van der Waals surface area contributed by atoms with E-state index in [2.05, 4.69) is 24.8 Å². The Balaban J connectivity index is 2.34. The van der Waals surface area contributed by atoms with Crippen molar-refractivity contribution in [1.29, 1.82) is 0 Å². The number of para-hydroxylation sites is 1. The lowest BCUT2D eigenvalue weighted by molar-refractivity contribution is 0.0641. The van der Waals surface area contributed by atoms with Crippen molar-refractivity contribution in [2.24, 2.45) is 0 Å². The SMILES string of the molecule is CC1(C)COCCN1c1ccccc1CO. The van der Waals surface area contributed by atoms with Gasteiger partial charge in [0.1, 0.15) is 0 Å². The predicted octanol–water partition coefficient (Wildman–Crippen LogP) is 1.79. The molecule has 0 aliphatic carbocycles. The maximum Gasteiger partial charge on any atom is 0.0702 e. The molecule has 0 aromatic heterocycles. The van der Waals surface area contributed by atoms with Crippen LogP contribution in [0.4, 0.5) is 5.69 Å². The number of benzene rings is 1. The lowest BCUT2D eigenvalue weighted by Gasteiger charge is -2.44. The number of aliphatic hydroxyl groups is 1. The minimum atomic E-state index is -0.0104. The topological polar surface area (TPSA) is 32.7 Å². The molecule has 3 heteroatoms. The molecule has 2 rings (SSSR count). The Bertz CT molecular complexity index is 363. The molecule has 0 amide bonds. The number of anilines is 1. The van der Waals surface area contributed by atoms with Crippen LogP contribution in [0.25, 0.3) is 0 Å². The smallest absolute Gasteiger partial charge is 0.0702 e. The summed E-state index contributed by atoms with van der Waals surface area (Å²) in [6.07, 6.45) is 0. The molecule has 1 aliphatic heterocycles. The van der Waals surface area contributed by atoms with Crippen LogP contribution in [-0.2, 0) is 11.3 Å². The first-order valence-electron chi connectivity index (χ1n) is 5.69. The molecule has 1 aromatic rings. The third-order valence-corrected chi connectivity index (χ3v) is 3.10. The van der Waals surface area contributed by atoms with Crippen LogP contribution in [0.3, 0.4) is 0 Å². The van der Waals surface area contributed by atoms with Crippen molar-refractivity contribution in [3.05, 3.63) is 29.8 Å². The molecule has 1 N–H and O–H groups in total. The zero-order valence-corrected chi connectivity index (χ0v) is 9.94. The first-order chi connectivity index (χ1) is 7.65. The molecular weight excluding hydrogens is 202 g/mol. The van der Waals surface area contributed by atoms with Gasteiger partial charge in [-0.3, -0.25) is 0 Å². The molecule has 0 spiro atoms. The first kappa shape index (κ1) is 11.4. The Hall–Kier alpha value is -1.06. The van der Waals surface area contributed by atoms with E-state index in [9.17, 15) is 5.11 Å². The lowest BCUT2D eigenvalue weighted by atomic mass is 10.00. The summed E-state index contributed by atoms with van der Waals surface area (Å²) in [5, 5.41) is 9.36. The molecule has 1 aliphatic rings. The minimum Gasteiger partial charge on any atom is -0.392 e. The van der Waals surface area contributed by atoms with Crippen molar-refractivity contribution in [2.45, 2.75) is 26.0 Å². The van der Waals surface area contributed by atoms with Crippen LogP contribution in [-0.4, -0.2) is 30.4 Å². The number of morpholine rings is 1. The van der Waals surface area contributed by atoms with Crippen molar-refractivity contribution in [2.75, 3.05) is 24.7 Å². The zero-order chi connectivity index (χ0) is 11.6. The van der Waals surface area contributed by atoms with Crippen LogP contribution < -0.4 is 4.90 Å². The highest BCUT2D eigenvalue weighted by atomic mass is 16.5. The van der Waals surface area contributed by atoms with Gasteiger partial charge in [0.15, 0.2) is 0 Å². The Morgan fingerprint density at radius 2 is 2.12 bits per heavy atom. The van der Waals surface area contributed by atoms with Crippen molar-refractivity contribution in [1.82, 2.24) is 0 Å². The summed E-state index contributed by atoms with van der Waals surface area (Å²) in [7, 11) is 0. The van der Waals surface area contributed by atoms with Gasteiger partial charge in [-0.2, -0.15) is 0 Å². The molecule has 1 heterocycles. The van der Waals surface area contributed by atoms with Crippen LogP contribution in [0.1, 0.15) is 19.4 Å². The lowest BCUT2D eigenvalue weighted by Crippen LogP contribution is -2.53. The van der Waals surface area contributed by atoms with Gasteiger partial charge < -0.3 is 14.7 Å². The fourth-order valence-electron chi connectivity index (χ4n) is 2.21. The van der Waals surface area contributed by atoms with E-state index < -0.39 is 0 Å². The van der Waals surface area contributed by atoms with Gasteiger partial charge in [-0.1, -0.05) is 18.2 Å². The molecule has 0 bridgehead atoms. The van der Waals surface area contributed by atoms with E-state index in [-0.39, 0.29) is 12.1 Å². The Kier molecular flexibility index (Phi) is 3.17. The van der Waals surface area contributed by atoms with E-state index in [4.69, 9.17) is 4.74 Å². The molecule has 1 saturated heterocycles. The molecule has 3 nitrogen and oxygen atoms in total. The van der Waals surface area contributed by atoms with Crippen molar-refractivity contribution < 1.29 is 9.84 Å². The second-order valence-electron chi connectivity index (χ2n) is 4.80. The number of hydrogen-bond acceptors (Lipinski definition) is 3. The summed E-state index contributed by atoms with van der Waals surface area (Å²) in [4.78, 5) is 2.32. The van der Waals surface area contributed by atoms with Crippen LogP contribution in [0, 0.1) is 0 Å².